The van der Waals surface area contributed by atoms with Crippen molar-refractivity contribution in [3.8, 4) is 23.1 Å². The van der Waals surface area contributed by atoms with Crippen LogP contribution in [0.4, 0.5) is 29.2 Å². The Morgan fingerprint density at radius 1 is 1.13 bits per heavy atom. The highest BCUT2D eigenvalue weighted by molar-refractivity contribution is 5.96. The number of alkyl halides is 3. The van der Waals surface area contributed by atoms with Crippen LogP contribution in [-0.2, 0) is 10.9 Å². The van der Waals surface area contributed by atoms with Crippen LogP contribution in [-0.4, -0.2) is 89.5 Å². The first-order valence-corrected chi connectivity index (χ1v) is 15.3. The average molecular weight is 635 g/mol. The summed E-state index contributed by atoms with van der Waals surface area (Å²) in [6, 6.07) is 0.723. The lowest BCUT2D eigenvalue weighted by Crippen LogP contribution is -2.41. The molecule has 1 saturated carbocycles. The molecule has 0 radical (unpaired) electrons. The number of aryl methyl sites for hydroxylation is 1. The van der Waals surface area contributed by atoms with Crippen LogP contribution in [0.3, 0.4) is 0 Å². The summed E-state index contributed by atoms with van der Waals surface area (Å²) in [5, 5.41) is 6.74. The van der Waals surface area contributed by atoms with Crippen LogP contribution in [0, 0.1) is 18.2 Å². The molecule has 0 spiro atoms. The van der Waals surface area contributed by atoms with Crippen molar-refractivity contribution in [2.45, 2.75) is 58.4 Å². The molecule has 1 unspecified atom stereocenters. The Kier molecular flexibility index (Phi) is 8.61. The van der Waals surface area contributed by atoms with Gasteiger partial charge in [-0.2, -0.15) is 23.1 Å². The van der Waals surface area contributed by atoms with Crippen molar-refractivity contribution in [2.75, 3.05) is 63.6 Å². The highest BCUT2D eigenvalue weighted by Gasteiger charge is 2.45. The number of nitrogens with one attached hydrogen (secondary N) is 2. The zero-order valence-electron chi connectivity index (χ0n) is 25.6. The van der Waals surface area contributed by atoms with Crippen molar-refractivity contribution >= 4 is 22.5 Å². The summed E-state index contributed by atoms with van der Waals surface area (Å²) < 4.78 is 77.3. The Morgan fingerprint density at radius 2 is 1.89 bits per heavy atom. The Labute approximate surface area is 258 Å². The van der Waals surface area contributed by atoms with E-state index >= 15 is 4.39 Å². The zero-order chi connectivity index (χ0) is 31.9. The third-order valence-electron chi connectivity index (χ3n) is 8.49. The summed E-state index contributed by atoms with van der Waals surface area (Å²) in [7, 11) is 0. The number of anilines is 2. The van der Waals surface area contributed by atoms with Gasteiger partial charge in [0.05, 0.1) is 37.2 Å². The summed E-state index contributed by atoms with van der Waals surface area (Å²) >= 11 is 0. The van der Waals surface area contributed by atoms with E-state index in [9.17, 15) is 13.2 Å². The predicted octanol–water partition coefficient (Wildman–Crippen LogP) is 4.19. The lowest BCUT2D eigenvalue weighted by molar-refractivity contribution is -0.137. The molecule has 2 aliphatic heterocycles. The van der Waals surface area contributed by atoms with Crippen molar-refractivity contribution in [3.05, 3.63) is 23.1 Å². The molecule has 1 aliphatic carbocycles. The van der Waals surface area contributed by atoms with E-state index in [1.54, 1.807) is 0 Å². The molecule has 3 aliphatic rings. The van der Waals surface area contributed by atoms with Gasteiger partial charge in [0, 0.05) is 43.2 Å². The fourth-order valence-electron chi connectivity index (χ4n) is 5.93. The summed E-state index contributed by atoms with van der Waals surface area (Å²) in [6.45, 7) is 10.3. The highest BCUT2D eigenvalue weighted by Crippen LogP contribution is 2.47. The van der Waals surface area contributed by atoms with Crippen LogP contribution in [0.1, 0.15) is 44.4 Å². The summed E-state index contributed by atoms with van der Waals surface area (Å²) in [4.78, 5) is 19.5. The molecule has 11 nitrogen and oxygen atoms in total. The maximum absolute atomic E-state index is 16.6. The molecule has 15 heteroatoms. The van der Waals surface area contributed by atoms with Gasteiger partial charge >= 0.3 is 12.2 Å². The minimum Gasteiger partial charge on any atom is -0.474 e. The molecule has 244 valence electrons. The monoisotopic (exact) mass is 634 g/mol. The Hall–Kier alpha value is -3.56. The Morgan fingerprint density at radius 3 is 2.60 bits per heavy atom. The third-order valence-corrected chi connectivity index (χ3v) is 8.49. The van der Waals surface area contributed by atoms with Gasteiger partial charge in [0.15, 0.2) is 5.82 Å². The quantitative estimate of drug-likeness (QED) is 0.337. The lowest BCUT2D eigenvalue weighted by Gasteiger charge is -2.30. The van der Waals surface area contributed by atoms with Crippen LogP contribution in [0.15, 0.2) is 6.07 Å². The first kappa shape index (κ1) is 31.4. The van der Waals surface area contributed by atoms with E-state index in [-0.39, 0.29) is 45.9 Å². The number of rotatable bonds is 6. The van der Waals surface area contributed by atoms with Gasteiger partial charge in [0.25, 0.3) is 0 Å². The third kappa shape index (κ3) is 6.84. The van der Waals surface area contributed by atoms with Crippen LogP contribution in [0.25, 0.3) is 22.2 Å². The zero-order valence-corrected chi connectivity index (χ0v) is 25.6. The standard InChI is InChI=1S/C30H38F4N8O3/c1-16-13-36-7-4-17(2)45-27-21-25(23(31)24(39-27)19-12-20(35)38-18(3)22(19)30(32,33)34)40-28(41-26(21)37-16)44-15-29(5-6-29)14-42-8-10-43-11-9-42/h12,16-17,36H,4-11,13-15H2,1-3H3,(H2,35,38)(H,37,40,41)/t16?,17-/m0/s1. The number of hydrogen-bond donors (Lipinski definition) is 3. The number of pyridine rings is 2. The van der Waals surface area contributed by atoms with Crippen molar-refractivity contribution < 1.29 is 31.8 Å². The molecule has 3 aromatic rings. The molecule has 5 heterocycles. The van der Waals surface area contributed by atoms with E-state index in [2.05, 4.69) is 35.5 Å². The number of morpholine rings is 1. The lowest BCUT2D eigenvalue weighted by atomic mass is 10.0. The second-order valence-corrected chi connectivity index (χ2v) is 12.4. The van der Waals surface area contributed by atoms with Gasteiger partial charge in [0.2, 0.25) is 5.88 Å². The van der Waals surface area contributed by atoms with Crippen LogP contribution >= 0.6 is 0 Å². The van der Waals surface area contributed by atoms with Gasteiger partial charge < -0.3 is 30.6 Å². The number of nitrogens with two attached hydrogens (primary N) is 1. The van der Waals surface area contributed by atoms with Crippen molar-refractivity contribution in [1.82, 2.24) is 30.2 Å². The van der Waals surface area contributed by atoms with Gasteiger partial charge in [-0.25, -0.2) is 14.4 Å². The number of hydrogen-bond acceptors (Lipinski definition) is 11. The molecular weight excluding hydrogens is 596 g/mol. The summed E-state index contributed by atoms with van der Waals surface area (Å²) in [6.07, 6.45) is -2.77. The molecule has 4 N–H and O–H groups in total. The van der Waals surface area contributed by atoms with Crippen molar-refractivity contribution in [3.63, 3.8) is 0 Å². The normalized spacial score (nSPS) is 22.3. The first-order valence-electron chi connectivity index (χ1n) is 15.3. The van der Waals surface area contributed by atoms with Gasteiger partial charge in [0.1, 0.15) is 28.2 Å². The second kappa shape index (κ2) is 12.3. The Balaban J connectivity index is 1.48. The second-order valence-electron chi connectivity index (χ2n) is 12.4. The maximum atomic E-state index is 16.6. The summed E-state index contributed by atoms with van der Waals surface area (Å²) in [5.74, 6) is -1.16. The molecule has 2 fully saturated rings. The molecule has 0 bridgehead atoms. The molecule has 45 heavy (non-hydrogen) atoms. The fourth-order valence-corrected chi connectivity index (χ4v) is 5.93. The van der Waals surface area contributed by atoms with E-state index in [0.29, 0.717) is 39.3 Å². The van der Waals surface area contributed by atoms with Crippen LogP contribution < -0.4 is 25.8 Å². The van der Waals surface area contributed by atoms with E-state index in [1.165, 1.54) is 6.92 Å². The predicted molar refractivity (Wildman–Crippen MR) is 160 cm³/mol. The number of halogens is 4. The van der Waals surface area contributed by atoms with Gasteiger partial charge in [-0.15, -0.1) is 0 Å². The first-order chi connectivity index (χ1) is 21.4. The fraction of sp³-hybridized carbons (Fsp3) is 0.600. The van der Waals surface area contributed by atoms with Gasteiger partial charge in [-0.1, -0.05) is 0 Å². The van der Waals surface area contributed by atoms with Crippen LogP contribution in [0.2, 0.25) is 0 Å². The maximum Gasteiger partial charge on any atom is 0.418 e. The molecule has 6 rings (SSSR count). The average Bonchev–Trinajstić information content (AvgIpc) is 3.74. The minimum absolute atomic E-state index is 0.0848. The molecule has 2 atom stereocenters. The van der Waals surface area contributed by atoms with Crippen LogP contribution in [0.5, 0.6) is 11.9 Å². The smallest absolute Gasteiger partial charge is 0.418 e. The number of nitrogens with zero attached hydrogens (tertiary/aromatic N) is 5. The molecule has 0 amide bonds. The van der Waals surface area contributed by atoms with E-state index in [1.807, 2.05) is 13.8 Å². The molecule has 0 aromatic carbocycles. The molecule has 1 saturated heterocycles. The molecule has 3 aromatic heterocycles. The van der Waals surface area contributed by atoms with E-state index in [0.717, 1.165) is 38.5 Å². The molecular formula is C30H38F4N8O3. The van der Waals surface area contributed by atoms with E-state index in [4.69, 9.17) is 19.9 Å². The largest absolute Gasteiger partial charge is 0.474 e. The van der Waals surface area contributed by atoms with Gasteiger partial charge in [-0.3, -0.25) is 4.90 Å². The van der Waals surface area contributed by atoms with Gasteiger partial charge in [-0.05, 0) is 52.6 Å². The van der Waals surface area contributed by atoms with E-state index < -0.39 is 40.6 Å². The topological polar surface area (TPSA) is 133 Å². The van der Waals surface area contributed by atoms with Crippen molar-refractivity contribution in [2.24, 2.45) is 5.41 Å². The SMILES string of the molecule is Cc1nc(N)cc(-c2nc3c4c(nc(OCC5(CN6CCOCC6)CC5)nc4c2F)NC(C)CNCC[C@H](C)O3)c1C(F)(F)F. The Bertz CT molecular complexity index is 1560. The van der Waals surface area contributed by atoms with Crippen molar-refractivity contribution in [1.29, 1.82) is 0 Å². The number of nitrogen functional groups attached to an aromatic ring is 1. The number of ether oxygens (including phenoxy) is 3. The minimum atomic E-state index is -4.86. The summed E-state index contributed by atoms with van der Waals surface area (Å²) in [5.41, 5.74) is 2.81. The highest BCUT2D eigenvalue weighted by atomic mass is 19.4. The number of aromatic nitrogens is 4.